The van der Waals surface area contributed by atoms with Gasteiger partial charge in [0.2, 0.25) is 0 Å². The van der Waals surface area contributed by atoms with Gasteiger partial charge in [0, 0.05) is 0 Å². The zero-order valence-electron chi connectivity index (χ0n) is 9.01. The first-order chi connectivity index (χ1) is 7.97. The van der Waals surface area contributed by atoms with E-state index in [0.717, 1.165) is 5.56 Å². The third-order valence-electron chi connectivity index (χ3n) is 2.24. The quantitative estimate of drug-likeness (QED) is 0.595. The Labute approximate surface area is 96.6 Å². The van der Waals surface area contributed by atoms with Gasteiger partial charge in [0.25, 0.3) is 0 Å². The molecule has 0 saturated carbocycles. The summed E-state index contributed by atoms with van der Waals surface area (Å²) in [4.78, 5) is 0. The summed E-state index contributed by atoms with van der Waals surface area (Å²) < 4.78 is 0. The first-order valence-corrected chi connectivity index (χ1v) is 5.32. The van der Waals surface area contributed by atoms with Crippen LogP contribution in [0.2, 0.25) is 0 Å². The molecule has 0 saturated heterocycles. The van der Waals surface area contributed by atoms with Gasteiger partial charge in [-0.15, -0.1) is 0 Å². The van der Waals surface area contributed by atoms with Crippen molar-refractivity contribution in [1.29, 1.82) is 0 Å². The molecule has 0 unspecified atom stereocenters. The third-order valence-corrected chi connectivity index (χ3v) is 2.24. The molecule has 0 amide bonds. The van der Waals surface area contributed by atoms with Crippen LogP contribution in [0.15, 0.2) is 66.8 Å². The molecule has 0 fully saturated rings. The molecule has 0 spiro atoms. The minimum atomic E-state index is 1.11. The summed E-state index contributed by atoms with van der Waals surface area (Å²) in [6.45, 7) is 0. The first-order valence-electron chi connectivity index (χ1n) is 5.32. The smallest absolute Gasteiger partial charge is 0.00992 e. The maximum Gasteiger partial charge on any atom is -0.00992 e. The zero-order valence-corrected chi connectivity index (χ0v) is 9.01. The molecule has 0 N–H and O–H groups in total. The van der Waals surface area contributed by atoms with Gasteiger partial charge in [-0.3, -0.25) is 0 Å². The van der Waals surface area contributed by atoms with E-state index in [1.807, 2.05) is 60.7 Å². The van der Waals surface area contributed by atoms with Gasteiger partial charge < -0.3 is 0 Å². The van der Waals surface area contributed by atoms with Crippen LogP contribution in [0.25, 0.3) is 12.2 Å². The molecule has 0 heterocycles. The Balaban J connectivity index is 2.39. The van der Waals surface area contributed by atoms with E-state index in [9.17, 15) is 0 Å². The Morgan fingerprint density at radius 1 is 0.688 bits per heavy atom. The van der Waals surface area contributed by atoms with E-state index in [-0.39, 0.29) is 0 Å². The van der Waals surface area contributed by atoms with Crippen molar-refractivity contribution in [3.63, 3.8) is 0 Å². The van der Waals surface area contributed by atoms with E-state index < -0.39 is 0 Å². The van der Waals surface area contributed by atoms with E-state index in [2.05, 4.69) is 24.3 Å². The topological polar surface area (TPSA) is 0 Å². The van der Waals surface area contributed by atoms with Gasteiger partial charge in [-0.05, 0) is 17.2 Å². The van der Waals surface area contributed by atoms with Crippen LogP contribution in [0.5, 0.6) is 0 Å². The molecule has 1 aliphatic carbocycles. The lowest BCUT2D eigenvalue weighted by molar-refractivity contribution is 1.59. The van der Waals surface area contributed by atoms with Crippen molar-refractivity contribution in [2.75, 3.05) is 0 Å². The summed E-state index contributed by atoms with van der Waals surface area (Å²) >= 11 is 0. The average Bonchev–Trinajstić information content (AvgIpc) is 2.30. The fourth-order valence-corrected chi connectivity index (χ4v) is 1.45. The standard InChI is InChI=1S/C16H13/c1-2-4-6-8-12-16-14-10-9-13-15(16)11-7-5-3-1/h1-13H. The Hall–Kier alpha value is -2.08. The third kappa shape index (κ3) is 2.96. The maximum absolute atomic E-state index is 3.23. The lowest BCUT2D eigenvalue weighted by Crippen LogP contribution is -1.79. The van der Waals surface area contributed by atoms with Crippen LogP contribution < -0.4 is 0 Å². The highest BCUT2D eigenvalue weighted by Gasteiger charge is 1.92. The van der Waals surface area contributed by atoms with E-state index in [1.54, 1.807) is 0 Å². The molecule has 0 atom stereocenters. The number of allylic oxidation sites excluding steroid dienone is 8. The van der Waals surface area contributed by atoms with Crippen LogP contribution in [0.1, 0.15) is 11.1 Å². The van der Waals surface area contributed by atoms with E-state index in [4.69, 9.17) is 0 Å². The molecule has 0 bridgehead atoms. The largest absolute Gasteiger partial charge is 0.0623 e. The molecule has 1 aliphatic rings. The van der Waals surface area contributed by atoms with Crippen LogP contribution in [0, 0.1) is 6.07 Å². The van der Waals surface area contributed by atoms with Crippen molar-refractivity contribution < 1.29 is 0 Å². The fraction of sp³-hybridized carbons (Fsp3) is 0. The molecule has 1 aromatic rings. The Kier molecular flexibility index (Phi) is 3.73. The highest BCUT2D eigenvalue weighted by molar-refractivity contribution is 5.66. The van der Waals surface area contributed by atoms with Crippen molar-refractivity contribution in [1.82, 2.24) is 0 Å². The molecule has 0 aliphatic heterocycles. The van der Waals surface area contributed by atoms with Gasteiger partial charge in [-0.2, -0.15) is 0 Å². The minimum absolute atomic E-state index is 1.11. The van der Waals surface area contributed by atoms with Gasteiger partial charge >= 0.3 is 0 Å². The molecule has 1 aromatic carbocycles. The van der Waals surface area contributed by atoms with Crippen LogP contribution in [0.3, 0.4) is 0 Å². The Morgan fingerprint density at radius 3 is 2.06 bits per heavy atom. The second-order valence-electron chi connectivity index (χ2n) is 3.41. The molecule has 77 valence electrons. The monoisotopic (exact) mass is 205 g/mol. The van der Waals surface area contributed by atoms with Crippen molar-refractivity contribution in [2.45, 2.75) is 0 Å². The van der Waals surface area contributed by atoms with Crippen molar-refractivity contribution in [2.24, 2.45) is 0 Å². The second-order valence-corrected chi connectivity index (χ2v) is 3.41. The predicted octanol–water partition coefficient (Wildman–Crippen LogP) is 4.20. The molecule has 16 heavy (non-hydrogen) atoms. The van der Waals surface area contributed by atoms with E-state index in [0.29, 0.717) is 0 Å². The number of rotatable bonds is 0. The molecular formula is C16H13. The molecule has 0 heteroatoms. The van der Waals surface area contributed by atoms with Gasteiger partial charge in [0.05, 0.1) is 0 Å². The van der Waals surface area contributed by atoms with Gasteiger partial charge in [0.1, 0.15) is 0 Å². The number of benzene rings is 1. The molecular weight excluding hydrogens is 192 g/mol. The van der Waals surface area contributed by atoms with Crippen molar-refractivity contribution in [3.8, 4) is 0 Å². The van der Waals surface area contributed by atoms with Crippen LogP contribution in [-0.2, 0) is 0 Å². The number of hydrogen-bond acceptors (Lipinski definition) is 0. The summed E-state index contributed by atoms with van der Waals surface area (Å²) in [5.74, 6) is 0. The van der Waals surface area contributed by atoms with Crippen molar-refractivity contribution >= 4 is 12.2 Å². The predicted molar refractivity (Wildman–Crippen MR) is 70.8 cm³/mol. The lowest BCUT2D eigenvalue weighted by atomic mass is 10.1. The normalized spacial score (nSPS) is 14.2. The van der Waals surface area contributed by atoms with E-state index >= 15 is 0 Å². The highest BCUT2D eigenvalue weighted by Crippen LogP contribution is 2.12. The number of hydrogen-bond donors (Lipinski definition) is 0. The summed E-state index contributed by atoms with van der Waals surface area (Å²) in [6, 6.07) is 9.25. The summed E-state index contributed by atoms with van der Waals surface area (Å²) in [6.07, 6.45) is 20.3. The Morgan fingerprint density at radius 2 is 1.31 bits per heavy atom. The summed E-state index contributed by atoms with van der Waals surface area (Å²) in [7, 11) is 0. The lowest BCUT2D eigenvalue weighted by Gasteiger charge is -1.98. The maximum atomic E-state index is 3.23. The fourth-order valence-electron chi connectivity index (χ4n) is 1.45. The minimum Gasteiger partial charge on any atom is -0.0623 e. The Bertz CT molecular complexity index is 438. The molecule has 1 radical (unpaired) electrons. The van der Waals surface area contributed by atoms with Crippen LogP contribution >= 0.6 is 0 Å². The van der Waals surface area contributed by atoms with Gasteiger partial charge in [0.15, 0.2) is 0 Å². The number of fused-ring (bicyclic) bond motifs is 1. The molecule has 0 nitrogen and oxygen atoms in total. The highest BCUT2D eigenvalue weighted by atomic mass is 14.0. The first kappa shape index (κ1) is 10.4. The van der Waals surface area contributed by atoms with Gasteiger partial charge in [-0.1, -0.05) is 79.0 Å². The van der Waals surface area contributed by atoms with Crippen LogP contribution in [0.4, 0.5) is 0 Å². The molecule has 0 aromatic heterocycles. The summed E-state index contributed by atoms with van der Waals surface area (Å²) in [5, 5.41) is 0. The SMILES string of the molecule is [c]1cccc2c1C=CC=CC=CC=CC=C2. The van der Waals surface area contributed by atoms with Gasteiger partial charge in [-0.25, -0.2) is 0 Å². The second kappa shape index (κ2) is 5.72. The zero-order chi connectivity index (χ0) is 11.1. The summed E-state index contributed by atoms with van der Waals surface area (Å²) in [5.41, 5.74) is 2.29. The van der Waals surface area contributed by atoms with E-state index in [1.165, 1.54) is 5.56 Å². The van der Waals surface area contributed by atoms with Crippen LogP contribution in [-0.4, -0.2) is 0 Å². The van der Waals surface area contributed by atoms with Crippen molar-refractivity contribution in [3.05, 3.63) is 84.0 Å². The molecule has 2 rings (SSSR count). The average molecular weight is 205 g/mol.